The number of hydrogen-bond donors (Lipinski definition) is 1. The van der Waals surface area contributed by atoms with Crippen LogP contribution in [0.3, 0.4) is 0 Å². The van der Waals surface area contributed by atoms with Crippen LogP contribution >= 0.6 is 0 Å². The molecule has 0 aromatic carbocycles. The first-order valence-electron chi connectivity index (χ1n) is 4.83. The number of rotatable bonds is 0. The zero-order valence-electron chi connectivity index (χ0n) is 7.90. The Morgan fingerprint density at radius 3 is 2.50 bits per heavy atom. The highest BCUT2D eigenvalue weighted by Crippen LogP contribution is 2.40. The van der Waals surface area contributed by atoms with E-state index in [1.165, 1.54) is 4.90 Å². The molecule has 1 fully saturated rings. The number of carbonyl (C=O) groups excluding carboxylic acids is 1. The quantitative estimate of drug-likeness (QED) is 0.633. The smallest absolute Gasteiger partial charge is 0.407 e. The lowest BCUT2D eigenvalue weighted by molar-refractivity contribution is -0.125. The van der Waals surface area contributed by atoms with Crippen molar-refractivity contribution in [3.8, 4) is 0 Å². The van der Waals surface area contributed by atoms with Crippen LogP contribution < -0.4 is 0 Å². The van der Waals surface area contributed by atoms with Crippen molar-refractivity contribution in [1.82, 2.24) is 4.90 Å². The molecule has 0 aromatic rings. The first kappa shape index (κ1) is 9.24. The van der Waals surface area contributed by atoms with Gasteiger partial charge >= 0.3 is 6.09 Å². The van der Waals surface area contributed by atoms with Crippen molar-refractivity contribution in [2.24, 2.45) is 5.41 Å². The van der Waals surface area contributed by atoms with Gasteiger partial charge in [0.25, 0.3) is 0 Å². The molecule has 0 atom stereocenters. The predicted octanol–water partition coefficient (Wildman–Crippen LogP) is 1.28. The second-order valence-corrected chi connectivity index (χ2v) is 4.02. The normalized spacial score (nSPS) is 24.6. The Kier molecular flexibility index (Phi) is 2.06. The maximum absolute atomic E-state index is 11.6. The molecule has 14 heavy (non-hydrogen) atoms. The second-order valence-electron chi connectivity index (χ2n) is 4.02. The Morgan fingerprint density at radius 1 is 1.43 bits per heavy atom. The summed E-state index contributed by atoms with van der Waals surface area (Å²) < 4.78 is 0. The van der Waals surface area contributed by atoms with Crippen LogP contribution in [0.4, 0.5) is 4.79 Å². The molecule has 0 saturated carbocycles. The van der Waals surface area contributed by atoms with E-state index in [1.54, 1.807) is 6.08 Å². The molecular formula is C10H13NO3. The standard InChI is InChI=1S/C10H13NO3/c12-8-2-1-3-10(8)4-6-11(7-5-10)9(13)14/h1-2H,3-7H2,(H,13,14). The molecule has 1 aliphatic carbocycles. The summed E-state index contributed by atoms with van der Waals surface area (Å²) in [5.41, 5.74) is -0.258. The SMILES string of the molecule is O=C(O)N1CCC2(CC=CC2=O)CC1. The zero-order chi connectivity index (χ0) is 10.2. The summed E-state index contributed by atoms with van der Waals surface area (Å²) >= 11 is 0. The number of allylic oxidation sites excluding steroid dienone is 2. The molecule has 1 N–H and O–H groups in total. The third-order valence-corrected chi connectivity index (χ3v) is 3.29. The summed E-state index contributed by atoms with van der Waals surface area (Å²) in [5.74, 6) is 0.183. The van der Waals surface area contributed by atoms with Crippen LogP contribution in [0.5, 0.6) is 0 Å². The molecule has 1 spiro atoms. The molecule has 4 nitrogen and oxygen atoms in total. The monoisotopic (exact) mass is 195 g/mol. The summed E-state index contributed by atoms with van der Waals surface area (Å²) in [4.78, 5) is 23.6. The lowest BCUT2D eigenvalue weighted by Crippen LogP contribution is -2.44. The second kappa shape index (κ2) is 3.12. The molecule has 0 radical (unpaired) electrons. The highest BCUT2D eigenvalue weighted by atomic mass is 16.4. The van der Waals surface area contributed by atoms with E-state index in [0.29, 0.717) is 25.9 Å². The Bertz CT molecular complexity index is 300. The van der Waals surface area contributed by atoms with Crippen LogP contribution in [0.2, 0.25) is 0 Å². The number of piperidine rings is 1. The van der Waals surface area contributed by atoms with Gasteiger partial charge in [0.05, 0.1) is 0 Å². The van der Waals surface area contributed by atoms with Gasteiger partial charge in [-0.1, -0.05) is 6.08 Å². The number of hydrogen-bond acceptors (Lipinski definition) is 2. The fraction of sp³-hybridized carbons (Fsp3) is 0.600. The van der Waals surface area contributed by atoms with Gasteiger partial charge in [-0.05, 0) is 25.3 Å². The van der Waals surface area contributed by atoms with Gasteiger partial charge in [0.1, 0.15) is 0 Å². The minimum Gasteiger partial charge on any atom is -0.465 e. The van der Waals surface area contributed by atoms with Crippen LogP contribution in [0, 0.1) is 5.41 Å². The van der Waals surface area contributed by atoms with Crippen LogP contribution in [0.25, 0.3) is 0 Å². The van der Waals surface area contributed by atoms with Gasteiger partial charge in [0, 0.05) is 18.5 Å². The predicted molar refractivity (Wildman–Crippen MR) is 50.0 cm³/mol. The highest BCUT2D eigenvalue weighted by Gasteiger charge is 2.42. The minimum atomic E-state index is -0.877. The number of nitrogens with zero attached hydrogens (tertiary/aromatic N) is 1. The van der Waals surface area contributed by atoms with E-state index >= 15 is 0 Å². The lowest BCUT2D eigenvalue weighted by atomic mass is 9.76. The largest absolute Gasteiger partial charge is 0.465 e. The van der Waals surface area contributed by atoms with Crippen LogP contribution in [0.1, 0.15) is 19.3 Å². The summed E-state index contributed by atoms with van der Waals surface area (Å²) in [6.07, 6.45) is 4.79. The summed E-state index contributed by atoms with van der Waals surface area (Å²) in [7, 11) is 0. The van der Waals surface area contributed by atoms with Gasteiger partial charge in [0.15, 0.2) is 5.78 Å². The lowest BCUT2D eigenvalue weighted by Gasteiger charge is -2.36. The van der Waals surface area contributed by atoms with Crippen molar-refractivity contribution in [2.45, 2.75) is 19.3 Å². The molecule has 76 valence electrons. The van der Waals surface area contributed by atoms with Crippen LogP contribution in [0.15, 0.2) is 12.2 Å². The molecule has 1 heterocycles. The average Bonchev–Trinajstić information content (AvgIpc) is 2.49. The Morgan fingerprint density at radius 2 is 2.07 bits per heavy atom. The number of carbonyl (C=O) groups is 2. The van der Waals surface area contributed by atoms with Gasteiger partial charge in [-0.15, -0.1) is 0 Å². The summed E-state index contributed by atoms with van der Waals surface area (Å²) in [6.45, 7) is 0.978. The summed E-state index contributed by atoms with van der Waals surface area (Å²) in [5, 5.41) is 8.76. The molecule has 0 aromatic heterocycles. The molecule has 1 amide bonds. The molecular weight excluding hydrogens is 182 g/mol. The fourth-order valence-corrected chi connectivity index (χ4v) is 2.25. The van der Waals surface area contributed by atoms with Crippen LogP contribution in [-0.2, 0) is 4.79 Å². The topological polar surface area (TPSA) is 57.6 Å². The molecule has 1 saturated heterocycles. The fourth-order valence-electron chi connectivity index (χ4n) is 2.25. The maximum atomic E-state index is 11.6. The molecule has 2 aliphatic rings. The third-order valence-electron chi connectivity index (χ3n) is 3.29. The van der Waals surface area contributed by atoms with E-state index in [-0.39, 0.29) is 11.2 Å². The molecule has 4 heteroatoms. The van der Waals surface area contributed by atoms with Crippen molar-refractivity contribution in [3.05, 3.63) is 12.2 Å². The average molecular weight is 195 g/mol. The zero-order valence-corrected chi connectivity index (χ0v) is 7.90. The van der Waals surface area contributed by atoms with Crippen molar-refractivity contribution < 1.29 is 14.7 Å². The number of likely N-dealkylation sites (tertiary alicyclic amines) is 1. The molecule has 2 rings (SSSR count). The molecule has 0 bridgehead atoms. The Hall–Kier alpha value is -1.32. The Balaban J connectivity index is 2.02. The van der Waals surface area contributed by atoms with Gasteiger partial charge < -0.3 is 10.0 Å². The molecule has 1 aliphatic heterocycles. The van der Waals surface area contributed by atoms with E-state index in [0.717, 1.165) is 6.42 Å². The van der Waals surface area contributed by atoms with Crippen molar-refractivity contribution in [2.75, 3.05) is 13.1 Å². The summed E-state index contributed by atoms with van der Waals surface area (Å²) in [6, 6.07) is 0. The van der Waals surface area contributed by atoms with E-state index in [4.69, 9.17) is 5.11 Å². The van der Waals surface area contributed by atoms with E-state index in [1.807, 2.05) is 6.08 Å². The highest BCUT2D eigenvalue weighted by molar-refractivity contribution is 5.97. The first-order valence-corrected chi connectivity index (χ1v) is 4.83. The maximum Gasteiger partial charge on any atom is 0.407 e. The van der Waals surface area contributed by atoms with Gasteiger partial charge in [-0.2, -0.15) is 0 Å². The van der Waals surface area contributed by atoms with E-state index in [2.05, 4.69) is 0 Å². The van der Waals surface area contributed by atoms with E-state index in [9.17, 15) is 9.59 Å². The van der Waals surface area contributed by atoms with Gasteiger partial charge in [-0.25, -0.2) is 4.79 Å². The van der Waals surface area contributed by atoms with Crippen molar-refractivity contribution in [3.63, 3.8) is 0 Å². The van der Waals surface area contributed by atoms with E-state index < -0.39 is 6.09 Å². The van der Waals surface area contributed by atoms with Crippen molar-refractivity contribution >= 4 is 11.9 Å². The van der Waals surface area contributed by atoms with Crippen LogP contribution in [-0.4, -0.2) is 35.0 Å². The number of amides is 1. The Labute approximate surface area is 82.2 Å². The van der Waals surface area contributed by atoms with Gasteiger partial charge in [0.2, 0.25) is 0 Å². The van der Waals surface area contributed by atoms with Crippen molar-refractivity contribution in [1.29, 1.82) is 0 Å². The number of ketones is 1. The minimum absolute atomic E-state index is 0.183. The van der Waals surface area contributed by atoms with Gasteiger partial charge in [-0.3, -0.25) is 4.79 Å². The first-order chi connectivity index (χ1) is 6.64. The molecule has 0 unspecified atom stereocenters. The third kappa shape index (κ3) is 1.31. The number of carboxylic acid groups (broad SMARTS) is 1.